The lowest BCUT2D eigenvalue weighted by molar-refractivity contribution is -0.138. The molecule has 0 aliphatic carbocycles. The smallest absolute Gasteiger partial charge is 0.374 e. The summed E-state index contributed by atoms with van der Waals surface area (Å²) in [4.78, 5) is 3.51. The van der Waals surface area contributed by atoms with Crippen LogP contribution in [0.25, 0.3) is 0 Å². The van der Waals surface area contributed by atoms with Gasteiger partial charge in [0.1, 0.15) is 0 Å². The van der Waals surface area contributed by atoms with E-state index in [4.69, 9.17) is 41.2 Å². The van der Waals surface area contributed by atoms with Crippen LogP contribution in [0.4, 0.5) is 37.8 Å². The number of aromatic nitrogens is 1. The molecule has 0 fully saturated rings. The molecule has 0 unspecified atom stereocenters. The first-order valence-electron chi connectivity index (χ1n) is 6.76. The van der Waals surface area contributed by atoms with E-state index in [1.807, 2.05) is 0 Å². The molecule has 0 atom stereocenters. The van der Waals surface area contributed by atoms with E-state index in [0.29, 0.717) is 24.4 Å². The van der Waals surface area contributed by atoms with E-state index < -0.39 is 33.6 Å². The highest BCUT2D eigenvalue weighted by molar-refractivity contribution is 7.80. The Morgan fingerprint density at radius 1 is 1.00 bits per heavy atom. The molecule has 0 amide bonds. The van der Waals surface area contributed by atoms with E-state index in [-0.39, 0.29) is 16.5 Å². The van der Waals surface area contributed by atoms with Crippen LogP contribution in [0.2, 0.25) is 10.0 Å². The topological polar surface area (TPSA) is 54.2 Å². The van der Waals surface area contributed by atoms with Crippen LogP contribution >= 0.6 is 35.4 Å². The van der Waals surface area contributed by atoms with Crippen LogP contribution in [0.5, 0.6) is 0 Å². The maximum atomic E-state index is 13.0. The van der Waals surface area contributed by atoms with E-state index in [9.17, 15) is 26.3 Å². The quantitative estimate of drug-likeness (QED) is 0.368. The van der Waals surface area contributed by atoms with Crippen LogP contribution in [-0.4, -0.2) is 10.1 Å². The Hall–Kier alpha value is -1.98. The SMILES string of the molecule is NC(=S)N(Nc1ncc(C(F)(F)F)cc1Cl)c1cc(Cl)cc(C(F)(F)F)c1. The van der Waals surface area contributed by atoms with Gasteiger partial charge in [-0.25, -0.2) is 9.99 Å². The Bertz CT molecular complexity index is 872. The first kappa shape index (κ1) is 21.3. The third-order valence-corrected chi connectivity index (χ3v) is 3.76. The molecule has 1 aromatic carbocycles. The van der Waals surface area contributed by atoms with Crippen LogP contribution < -0.4 is 16.2 Å². The Labute approximate surface area is 163 Å². The maximum Gasteiger partial charge on any atom is 0.417 e. The maximum absolute atomic E-state index is 13.0. The van der Waals surface area contributed by atoms with Crippen LogP contribution in [0, 0.1) is 0 Å². The van der Waals surface area contributed by atoms with Gasteiger partial charge in [-0.3, -0.25) is 5.43 Å². The van der Waals surface area contributed by atoms with E-state index in [1.54, 1.807) is 0 Å². The zero-order valence-electron chi connectivity index (χ0n) is 12.8. The number of rotatable bonds is 3. The van der Waals surface area contributed by atoms with Crippen molar-refractivity contribution in [2.75, 3.05) is 10.4 Å². The largest absolute Gasteiger partial charge is 0.417 e. The van der Waals surface area contributed by atoms with Gasteiger partial charge in [0.05, 0.1) is 21.8 Å². The molecule has 0 aliphatic heterocycles. The lowest BCUT2D eigenvalue weighted by Gasteiger charge is -2.25. The number of hydrazine groups is 1. The highest BCUT2D eigenvalue weighted by atomic mass is 35.5. The minimum absolute atomic E-state index is 0.222. The van der Waals surface area contributed by atoms with Crippen molar-refractivity contribution >= 4 is 52.0 Å². The molecular weight excluding hydrogens is 441 g/mol. The molecule has 1 aromatic heterocycles. The van der Waals surface area contributed by atoms with E-state index in [0.717, 1.165) is 11.1 Å². The number of nitrogens with two attached hydrogens (primary N) is 1. The predicted octanol–water partition coefficient (Wildman–Crippen LogP) is 5.50. The summed E-state index contributed by atoms with van der Waals surface area (Å²) in [5, 5.41) is -0.403. The standard InChI is InChI=1S/C14H8Cl2F6N4S/c15-8-1-6(13(17,18)19)2-9(4-8)26(12(23)27)25-11-10(16)3-7(5-24-11)14(20,21)22/h1-5H,(H2,23,27)(H,24,25). The summed E-state index contributed by atoms with van der Waals surface area (Å²) in [6.45, 7) is 0. The second-order valence-electron chi connectivity index (χ2n) is 5.03. The van der Waals surface area contributed by atoms with Crippen molar-refractivity contribution in [2.24, 2.45) is 5.73 Å². The summed E-state index contributed by atoms with van der Waals surface area (Å²) >= 11 is 16.2. The summed E-state index contributed by atoms with van der Waals surface area (Å²) in [5.74, 6) is -0.314. The fraction of sp³-hybridized carbons (Fsp3) is 0.143. The zero-order valence-corrected chi connectivity index (χ0v) is 15.1. The van der Waals surface area contributed by atoms with Gasteiger partial charge in [-0.1, -0.05) is 23.2 Å². The van der Waals surface area contributed by atoms with Gasteiger partial charge in [0.2, 0.25) is 0 Å². The first-order chi connectivity index (χ1) is 12.3. The molecule has 0 saturated carbocycles. The van der Waals surface area contributed by atoms with E-state index in [1.165, 1.54) is 0 Å². The molecule has 0 saturated heterocycles. The average molecular weight is 449 g/mol. The lowest BCUT2D eigenvalue weighted by Crippen LogP contribution is -2.40. The number of hydrogen-bond acceptors (Lipinski definition) is 3. The Balaban J connectivity index is 2.43. The van der Waals surface area contributed by atoms with Gasteiger partial charge in [0, 0.05) is 11.2 Å². The monoisotopic (exact) mass is 448 g/mol. The van der Waals surface area contributed by atoms with E-state index >= 15 is 0 Å². The number of benzene rings is 1. The van der Waals surface area contributed by atoms with Crippen LogP contribution in [0.1, 0.15) is 11.1 Å². The molecule has 27 heavy (non-hydrogen) atoms. The molecule has 146 valence electrons. The highest BCUT2D eigenvalue weighted by Gasteiger charge is 2.33. The number of anilines is 2. The summed E-state index contributed by atoms with van der Waals surface area (Å²) in [6, 6.07) is 3.08. The third-order valence-electron chi connectivity index (χ3n) is 3.07. The molecule has 0 radical (unpaired) electrons. The van der Waals surface area contributed by atoms with Gasteiger partial charge < -0.3 is 5.73 Å². The molecule has 0 spiro atoms. The van der Waals surface area contributed by atoms with Crippen molar-refractivity contribution in [1.29, 1.82) is 0 Å². The Kier molecular flexibility index (Phi) is 5.97. The van der Waals surface area contributed by atoms with Crippen molar-refractivity contribution in [2.45, 2.75) is 12.4 Å². The predicted molar refractivity (Wildman–Crippen MR) is 93.6 cm³/mol. The van der Waals surface area contributed by atoms with Crippen molar-refractivity contribution in [3.8, 4) is 0 Å². The first-order valence-corrected chi connectivity index (χ1v) is 7.92. The van der Waals surface area contributed by atoms with Crippen molar-refractivity contribution in [3.63, 3.8) is 0 Å². The fourth-order valence-corrected chi connectivity index (χ4v) is 2.48. The molecule has 4 nitrogen and oxygen atoms in total. The number of hydrogen-bond donors (Lipinski definition) is 2. The Morgan fingerprint density at radius 3 is 2.07 bits per heavy atom. The average Bonchev–Trinajstić information content (AvgIpc) is 2.50. The summed E-state index contributed by atoms with van der Waals surface area (Å²) < 4.78 is 76.9. The highest BCUT2D eigenvalue weighted by Crippen LogP contribution is 2.35. The Morgan fingerprint density at radius 2 is 1.59 bits per heavy atom. The number of nitrogens with zero attached hydrogens (tertiary/aromatic N) is 2. The van der Waals surface area contributed by atoms with Gasteiger partial charge in [-0.2, -0.15) is 26.3 Å². The number of alkyl halides is 6. The molecular formula is C14H8Cl2F6N4S. The number of pyridine rings is 1. The summed E-state index contributed by atoms with van der Waals surface area (Å²) in [7, 11) is 0. The molecule has 1 heterocycles. The van der Waals surface area contributed by atoms with Crippen LogP contribution in [0.15, 0.2) is 30.5 Å². The van der Waals surface area contributed by atoms with Crippen LogP contribution in [-0.2, 0) is 12.4 Å². The van der Waals surface area contributed by atoms with Gasteiger partial charge in [0.15, 0.2) is 10.9 Å². The van der Waals surface area contributed by atoms with Crippen molar-refractivity contribution < 1.29 is 26.3 Å². The van der Waals surface area contributed by atoms with Gasteiger partial charge in [-0.15, -0.1) is 0 Å². The molecule has 0 bridgehead atoms. The van der Waals surface area contributed by atoms with Gasteiger partial charge >= 0.3 is 12.4 Å². The fourth-order valence-electron chi connectivity index (χ4n) is 1.89. The molecule has 2 rings (SSSR count). The second kappa shape index (κ2) is 7.56. The minimum Gasteiger partial charge on any atom is -0.374 e. The number of nitrogens with one attached hydrogen (secondary N) is 1. The summed E-state index contributed by atoms with van der Waals surface area (Å²) in [5.41, 5.74) is 5.46. The minimum atomic E-state index is -4.70. The lowest BCUT2D eigenvalue weighted by atomic mass is 10.2. The molecule has 3 N–H and O–H groups in total. The van der Waals surface area contributed by atoms with Crippen molar-refractivity contribution in [3.05, 3.63) is 51.6 Å². The van der Waals surface area contributed by atoms with Gasteiger partial charge in [0.25, 0.3) is 0 Å². The molecule has 13 heteroatoms. The number of thiocarbonyl (C=S) groups is 1. The summed E-state index contributed by atoms with van der Waals surface area (Å²) in [6.07, 6.45) is -8.89. The normalized spacial score (nSPS) is 12.0. The van der Waals surface area contributed by atoms with Crippen LogP contribution in [0.3, 0.4) is 0 Å². The van der Waals surface area contributed by atoms with Crippen molar-refractivity contribution in [1.82, 2.24) is 4.98 Å². The van der Waals surface area contributed by atoms with Gasteiger partial charge in [-0.05, 0) is 36.5 Å². The second-order valence-corrected chi connectivity index (χ2v) is 6.30. The third kappa shape index (κ3) is 5.27. The molecule has 0 aliphatic rings. The zero-order chi connectivity index (χ0) is 20.6. The van der Waals surface area contributed by atoms with E-state index in [2.05, 4.69) is 10.4 Å². The number of halogens is 8. The molecule has 2 aromatic rings.